The van der Waals surface area contributed by atoms with Crippen LogP contribution in [0.15, 0.2) is 53.4 Å². The molecule has 1 atom stereocenters. The van der Waals surface area contributed by atoms with Crippen LogP contribution < -0.4 is 4.74 Å². The van der Waals surface area contributed by atoms with E-state index >= 15 is 0 Å². The normalized spacial score (nSPS) is 12.3. The fourth-order valence-electron chi connectivity index (χ4n) is 2.22. The Labute approximate surface area is 156 Å². The monoisotopic (exact) mass is 375 g/mol. The second-order valence-electron chi connectivity index (χ2n) is 6.53. The summed E-state index contributed by atoms with van der Waals surface area (Å²) in [5.41, 5.74) is -0.0203. The molecule has 0 saturated carbocycles. The van der Waals surface area contributed by atoms with E-state index in [1.807, 2.05) is 0 Å². The van der Waals surface area contributed by atoms with Crippen molar-refractivity contribution in [2.45, 2.75) is 36.5 Å². The van der Waals surface area contributed by atoms with Gasteiger partial charge in [0, 0.05) is 6.07 Å². The van der Waals surface area contributed by atoms with Gasteiger partial charge >= 0.3 is 5.97 Å². The number of para-hydroxylation sites is 1. The van der Waals surface area contributed by atoms with Gasteiger partial charge in [0.2, 0.25) is 0 Å². The molecule has 0 heterocycles. The number of rotatable bonds is 6. The van der Waals surface area contributed by atoms with Gasteiger partial charge < -0.3 is 9.47 Å². The third-order valence-electron chi connectivity index (χ3n) is 3.35. The summed E-state index contributed by atoms with van der Waals surface area (Å²) in [6.07, 6.45) is 0. The maximum Gasteiger partial charge on any atom is 0.324 e. The highest BCUT2D eigenvalue weighted by molar-refractivity contribution is 8.00. The van der Waals surface area contributed by atoms with Crippen LogP contribution in [-0.2, 0) is 9.53 Å². The van der Waals surface area contributed by atoms with Crippen molar-refractivity contribution in [3.63, 3.8) is 0 Å². The van der Waals surface area contributed by atoms with E-state index in [0.29, 0.717) is 16.2 Å². The Morgan fingerprint density at radius 2 is 1.73 bits per heavy atom. The lowest BCUT2D eigenvalue weighted by Crippen LogP contribution is -2.26. The molecule has 0 aliphatic carbocycles. The lowest BCUT2D eigenvalue weighted by Gasteiger charge is -2.24. The van der Waals surface area contributed by atoms with E-state index in [4.69, 9.17) is 9.47 Å². The second kappa shape index (κ2) is 8.23. The van der Waals surface area contributed by atoms with Crippen molar-refractivity contribution < 1.29 is 19.2 Å². The summed E-state index contributed by atoms with van der Waals surface area (Å²) in [5, 5.41) is 10.5. The van der Waals surface area contributed by atoms with Crippen LogP contribution in [0.4, 0.5) is 5.69 Å². The van der Waals surface area contributed by atoms with Crippen LogP contribution in [0.2, 0.25) is 0 Å². The third kappa shape index (κ3) is 5.23. The van der Waals surface area contributed by atoms with Crippen LogP contribution in [-0.4, -0.2) is 23.6 Å². The smallest absolute Gasteiger partial charge is 0.324 e. The summed E-state index contributed by atoms with van der Waals surface area (Å²) >= 11 is 1.10. The Kier molecular flexibility index (Phi) is 6.26. The van der Waals surface area contributed by atoms with Crippen molar-refractivity contribution >= 4 is 23.4 Å². The summed E-state index contributed by atoms with van der Waals surface area (Å²) in [5.74, 6) is 0.207. The lowest BCUT2D eigenvalue weighted by molar-refractivity contribution is -0.387. The third-order valence-corrected chi connectivity index (χ3v) is 4.65. The van der Waals surface area contributed by atoms with E-state index in [-0.39, 0.29) is 5.69 Å². The molecule has 0 fully saturated rings. The number of nitrogens with zero attached hydrogens (tertiary/aromatic N) is 1. The molecule has 0 bridgehead atoms. The largest absolute Gasteiger partial charge is 0.497 e. The predicted octanol–water partition coefficient (Wildman–Crippen LogP) is 4.78. The van der Waals surface area contributed by atoms with Crippen molar-refractivity contribution in [3.8, 4) is 5.75 Å². The SMILES string of the molecule is COc1ccc(C(Sc2ccccc2[N+](=O)[O-])C(=O)OC(C)(C)C)cc1. The summed E-state index contributed by atoms with van der Waals surface area (Å²) in [6.45, 7) is 5.35. The standard InChI is InChI=1S/C19H21NO5S/c1-19(2,3)25-18(21)17(13-9-11-14(24-4)12-10-13)26-16-8-6-5-7-15(16)20(22)23/h5-12,17H,1-4H3. The van der Waals surface area contributed by atoms with Gasteiger partial charge in [-0.15, -0.1) is 0 Å². The number of esters is 1. The molecule has 0 aliphatic heterocycles. The van der Waals surface area contributed by atoms with E-state index in [1.165, 1.54) is 6.07 Å². The van der Waals surface area contributed by atoms with Crippen molar-refractivity contribution in [3.05, 3.63) is 64.2 Å². The van der Waals surface area contributed by atoms with Gasteiger partial charge in [-0.1, -0.05) is 36.0 Å². The first-order valence-corrected chi connectivity index (χ1v) is 8.86. The molecule has 0 spiro atoms. The number of nitro benzene ring substituents is 1. The topological polar surface area (TPSA) is 78.7 Å². The fraction of sp³-hybridized carbons (Fsp3) is 0.316. The van der Waals surface area contributed by atoms with Crippen LogP contribution >= 0.6 is 11.8 Å². The van der Waals surface area contributed by atoms with Gasteiger partial charge in [0.05, 0.1) is 16.9 Å². The van der Waals surface area contributed by atoms with E-state index in [2.05, 4.69) is 0 Å². The van der Waals surface area contributed by atoms with Crippen molar-refractivity contribution in [2.24, 2.45) is 0 Å². The highest BCUT2D eigenvalue weighted by Crippen LogP contribution is 2.41. The lowest BCUT2D eigenvalue weighted by atomic mass is 10.1. The number of thioether (sulfide) groups is 1. The number of ether oxygens (including phenoxy) is 2. The summed E-state index contributed by atoms with van der Waals surface area (Å²) in [4.78, 5) is 24.0. The van der Waals surface area contributed by atoms with Crippen molar-refractivity contribution in [1.29, 1.82) is 0 Å². The zero-order valence-electron chi connectivity index (χ0n) is 15.1. The highest BCUT2D eigenvalue weighted by Gasteiger charge is 2.30. The molecule has 6 nitrogen and oxygen atoms in total. The molecule has 7 heteroatoms. The predicted molar refractivity (Wildman–Crippen MR) is 101 cm³/mol. The number of nitro groups is 1. The zero-order valence-corrected chi connectivity index (χ0v) is 15.9. The van der Waals surface area contributed by atoms with Gasteiger partial charge in [-0.2, -0.15) is 0 Å². The minimum absolute atomic E-state index is 0.0421. The number of hydrogen-bond acceptors (Lipinski definition) is 6. The van der Waals surface area contributed by atoms with Gasteiger partial charge in [-0.3, -0.25) is 14.9 Å². The highest BCUT2D eigenvalue weighted by atomic mass is 32.2. The minimum atomic E-state index is -0.735. The molecule has 2 aromatic carbocycles. The molecule has 0 radical (unpaired) electrons. The number of carbonyl (C=O) groups excluding carboxylic acids is 1. The number of benzene rings is 2. The first-order chi connectivity index (χ1) is 12.2. The first kappa shape index (κ1) is 19.8. The van der Waals surface area contributed by atoms with Gasteiger partial charge in [0.15, 0.2) is 0 Å². The van der Waals surface area contributed by atoms with Gasteiger partial charge in [-0.25, -0.2) is 0 Å². The molecule has 2 rings (SSSR count). The molecule has 1 unspecified atom stereocenters. The Morgan fingerprint density at radius 1 is 1.12 bits per heavy atom. The van der Waals surface area contributed by atoms with Gasteiger partial charge in [0.25, 0.3) is 5.69 Å². The van der Waals surface area contributed by atoms with Crippen molar-refractivity contribution in [1.82, 2.24) is 0 Å². The molecule has 138 valence electrons. The molecule has 0 N–H and O–H groups in total. The van der Waals surface area contributed by atoms with Crippen LogP contribution in [0.25, 0.3) is 0 Å². The maximum absolute atomic E-state index is 12.8. The molecule has 2 aromatic rings. The van der Waals surface area contributed by atoms with E-state index < -0.39 is 21.7 Å². The summed E-state index contributed by atoms with van der Waals surface area (Å²) < 4.78 is 10.7. The average molecular weight is 375 g/mol. The quantitative estimate of drug-likeness (QED) is 0.313. The van der Waals surface area contributed by atoms with Gasteiger partial charge in [-0.05, 0) is 44.5 Å². The number of methoxy groups -OCH3 is 1. The van der Waals surface area contributed by atoms with E-state index in [9.17, 15) is 14.9 Å². The molecular weight excluding hydrogens is 354 g/mol. The molecule has 0 aliphatic rings. The zero-order chi connectivity index (χ0) is 19.3. The van der Waals surface area contributed by atoms with Crippen LogP contribution in [0.5, 0.6) is 5.75 Å². The first-order valence-electron chi connectivity index (χ1n) is 7.98. The van der Waals surface area contributed by atoms with E-state index in [0.717, 1.165) is 11.8 Å². The number of hydrogen-bond donors (Lipinski definition) is 0. The summed E-state index contributed by atoms with van der Waals surface area (Å²) in [7, 11) is 1.56. The Morgan fingerprint density at radius 3 is 2.27 bits per heavy atom. The Bertz CT molecular complexity index is 783. The van der Waals surface area contributed by atoms with Crippen LogP contribution in [0, 0.1) is 10.1 Å². The molecule has 26 heavy (non-hydrogen) atoms. The maximum atomic E-state index is 12.8. The average Bonchev–Trinajstić information content (AvgIpc) is 2.58. The Balaban J connectivity index is 2.40. The fourth-order valence-corrected chi connectivity index (χ4v) is 3.33. The van der Waals surface area contributed by atoms with E-state index in [1.54, 1.807) is 70.3 Å². The second-order valence-corrected chi connectivity index (χ2v) is 7.68. The molecule has 0 aromatic heterocycles. The summed E-state index contributed by atoms with van der Waals surface area (Å²) in [6, 6.07) is 13.4. The minimum Gasteiger partial charge on any atom is -0.497 e. The van der Waals surface area contributed by atoms with Crippen LogP contribution in [0.3, 0.4) is 0 Å². The van der Waals surface area contributed by atoms with Crippen molar-refractivity contribution in [2.75, 3.05) is 7.11 Å². The van der Waals surface area contributed by atoms with Gasteiger partial charge in [0.1, 0.15) is 16.6 Å². The Hall–Kier alpha value is -2.54. The molecule has 0 saturated heterocycles. The number of carbonyl (C=O) groups is 1. The molecule has 0 amide bonds. The molecular formula is C19H21NO5S. The van der Waals surface area contributed by atoms with Crippen LogP contribution in [0.1, 0.15) is 31.6 Å².